The molecule has 2 heterocycles. The third kappa shape index (κ3) is 3.88. The molecule has 33 heavy (non-hydrogen) atoms. The zero-order valence-electron chi connectivity index (χ0n) is 17.9. The Balaban J connectivity index is 1.41. The summed E-state index contributed by atoms with van der Waals surface area (Å²) in [6.07, 6.45) is 1.88. The van der Waals surface area contributed by atoms with Crippen molar-refractivity contribution in [1.29, 1.82) is 0 Å². The molecule has 1 saturated heterocycles. The highest BCUT2D eigenvalue weighted by Gasteiger charge is 2.56. The molecular weight excluding hydrogens is 446 g/mol. The summed E-state index contributed by atoms with van der Waals surface area (Å²) in [5, 5.41) is 15.7. The van der Waals surface area contributed by atoms with Crippen LogP contribution in [0.4, 0.5) is 4.79 Å². The number of aromatic nitrogens is 1. The summed E-state index contributed by atoms with van der Waals surface area (Å²) in [6.45, 7) is 0.983. The summed E-state index contributed by atoms with van der Waals surface area (Å²) in [7, 11) is 0. The summed E-state index contributed by atoms with van der Waals surface area (Å²) < 4.78 is 11.9. The molecule has 2 unspecified atom stereocenters. The number of carbonyl (C=O) groups is 2. The number of hydrogen-bond acceptors (Lipinski definition) is 5. The molecule has 1 aromatic heterocycles. The minimum atomic E-state index is -0.887. The molecule has 2 atom stereocenters. The Kier molecular flexibility index (Phi) is 5.40. The number of carboxylic acid groups (broad SMARTS) is 1. The summed E-state index contributed by atoms with van der Waals surface area (Å²) in [4.78, 5) is 24.3. The number of rotatable bonds is 5. The van der Waals surface area contributed by atoms with Gasteiger partial charge in [-0.15, -0.1) is 0 Å². The molecule has 2 amide bonds. The maximum Gasteiger partial charge on any atom is 0.407 e. The molecule has 0 radical (unpaired) electrons. The third-order valence-electron chi connectivity index (χ3n) is 7.21. The van der Waals surface area contributed by atoms with E-state index in [1.807, 2.05) is 36.4 Å². The number of ether oxygens (including phenoxy) is 1. The van der Waals surface area contributed by atoms with E-state index in [4.69, 9.17) is 26.6 Å². The molecule has 9 heteroatoms. The number of hydrogen-bond donors (Lipinski definition) is 2. The largest absolute Gasteiger partial charge is 0.489 e. The summed E-state index contributed by atoms with van der Waals surface area (Å²) in [5.74, 6) is 0.779. The fraction of sp³-hybridized carbons (Fsp3) is 0.375. The summed E-state index contributed by atoms with van der Waals surface area (Å²) in [6, 6.07) is 13.1. The van der Waals surface area contributed by atoms with Gasteiger partial charge in [-0.1, -0.05) is 41.0 Å². The fourth-order valence-corrected chi connectivity index (χ4v) is 5.59. The third-order valence-corrected chi connectivity index (χ3v) is 7.54. The topological polar surface area (TPSA) is 119 Å². The lowest BCUT2D eigenvalue weighted by atomic mass is 9.52. The van der Waals surface area contributed by atoms with Crippen LogP contribution in [-0.4, -0.2) is 46.4 Å². The smallest absolute Gasteiger partial charge is 0.407 e. The van der Waals surface area contributed by atoms with Crippen LogP contribution in [0.15, 0.2) is 47.0 Å². The average Bonchev–Trinajstić information content (AvgIpc) is 3.29. The number of carbonyl (C=O) groups excluding carboxylic acids is 1. The highest BCUT2D eigenvalue weighted by molar-refractivity contribution is 6.35. The zero-order valence-corrected chi connectivity index (χ0v) is 18.6. The number of nitrogens with two attached hydrogens (primary N) is 1. The van der Waals surface area contributed by atoms with E-state index >= 15 is 0 Å². The molecule has 3 aromatic rings. The number of benzene rings is 2. The predicted octanol–water partition coefficient (Wildman–Crippen LogP) is 4.35. The monoisotopic (exact) mass is 469 g/mol. The van der Waals surface area contributed by atoms with Crippen molar-refractivity contribution in [2.75, 3.05) is 13.1 Å². The van der Waals surface area contributed by atoms with Gasteiger partial charge >= 0.3 is 6.09 Å². The van der Waals surface area contributed by atoms with Gasteiger partial charge in [-0.3, -0.25) is 4.79 Å². The van der Waals surface area contributed by atoms with Crippen molar-refractivity contribution in [3.8, 4) is 5.75 Å². The van der Waals surface area contributed by atoms with E-state index in [1.54, 1.807) is 6.07 Å². The number of amides is 2. The van der Waals surface area contributed by atoms with E-state index < -0.39 is 12.0 Å². The van der Waals surface area contributed by atoms with Gasteiger partial charge in [0, 0.05) is 47.3 Å². The zero-order chi connectivity index (χ0) is 23.2. The average molecular weight is 470 g/mol. The number of piperidine rings is 1. The summed E-state index contributed by atoms with van der Waals surface area (Å²) in [5.41, 5.74) is 5.36. The molecule has 3 N–H and O–H groups in total. The van der Waals surface area contributed by atoms with E-state index in [2.05, 4.69) is 5.16 Å². The van der Waals surface area contributed by atoms with Gasteiger partial charge in [0.25, 0.3) is 5.91 Å². The van der Waals surface area contributed by atoms with Gasteiger partial charge < -0.3 is 25.0 Å². The van der Waals surface area contributed by atoms with Crippen LogP contribution in [0.3, 0.4) is 0 Å². The standard InChI is InChI=1S/C24H24ClN3O5/c25-18-5-6-20(16-4-2-1-3-15(16)18)32-21-13-24(7-9-28(10-8-24)23(30)31)17(21)11-14-12-19(22(26)29)27-33-14/h1-6,12,17,21H,7-11,13H2,(H2,26,29)(H,30,31). The van der Waals surface area contributed by atoms with Crippen molar-refractivity contribution in [3.05, 3.63) is 58.9 Å². The lowest BCUT2D eigenvalue weighted by molar-refractivity contribution is -0.121. The van der Waals surface area contributed by atoms with Crippen LogP contribution in [0.1, 0.15) is 35.5 Å². The lowest BCUT2D eigenvalue weighted by Crippen LogP contribution is -2.59. The van der Waals surface area contributed by atoms with Crippen molar-refractivity contribution < 1.29 is 24.0 Å². The Morgan fingerprint density at radius 3 is 2.61 bits per heavy atom. The Labute approximate surface area is 195 Å². The minimum Gasteiger partial charge on any atom is -0.489 e. The van der Waals surface area contributed by atoms with Crippen molar-refractivity contribution >= 4 is 34.4 Å². The SMILES string of the molecule is NC(=O)c1cc(CC2C(Oc3ccc(Cl)c4ccccc34)CC23CCN(C(=O)O)CC3)on1. The maximum atomic E-state index is 11.4. The molecule has 1 aliphatic heterocycles. The molecule has 2 fully saturated rings. The molecule has 0 bridgehead atoms. The Bertz CT molecular complexity index is 1220. The number of fused-ring (bicyclic) bond motifs is 1. The number of primary amides is 1. The van der Waals surface area contributed by atoms with Crippen molar-refractivity contribution in [2.24, 2.45) is 17.1 Å². The molecule has 2 aliphatic rings. The minimum absolute atomic E-state index is 0.0570. The molecule has 1 saturated carbocycles. The van der Waals surface area contributed by atoms with Crippen LogP contribution < -0.4 is 10.5 Å². The molecular formula is C24H24ClN3O5. The van der Waals surface area contributed by atoms with Crippen molar-refractivity contribution in [3.63, 3.8) is 0 Å². The van der Waals surface area contributed by atoms with Crippen LogP contribution >= 0.6 is 11.6 Å². The van der Waals surface area contributed by atoms with E-state index in [9.17, 15) is 14.7 Å². The molecule has 172 valence electrons. The Morgan fingerprint density at radius 2 is 1.94 bits per heavy atom. The van der Waals surface area contributed by atoms with Crippen LogP contribution in [0, 0.1) is 11.3 Å². The van der Waals surface area contributed by atoms with Gasteiger partial charge in [-0.25, -0.2) is 4.79 Å². The molecule has 8 nitrogen and oxygen atoms in total. The van der Waals surface area contributed by atoms with Gasteiger partial charge in [0.05, 0.1) is 0 Å². The molecule has 5 rings (SSSR count). The first-order valence-electron chi connectivity index (χ1n) is 10.9. The Hall–Kier alpha value is -3.26. The van der Waals surface area contributed by atoms with Crippen LogP contribution in [0.5, 0.6) is 5.75 Å². The molecule has 1 aliphatic carbocycles. The number of halogens is 1. The van der Waals surface area contributed by atoms with Crippen LogP contribution in [-0.2, 0) is 6.42 Å². The Morgan fingerprint density at radius 1 is 1.21 bits per heavy atom. The van der Waals surface area contributed by atoms with E-state index in [1.165, 1.54) is 4.90 Å². The van der Waals surface area contributed by atoms with Crippen LogP contribution in [0.2, 0.25) is 5.02 Å². The highest BCUT2D eigenvalue weighted by Crippen LogP contribution is 2.56. The van der Waals surface area contributed by atoms with E-state index in [-0.39, 0.29) is 23.1 Å². The van der Waals surface area contributed by atoms with Crippen molar-refractivity contribution in [2.45, 2.75) is 31.8 Å². The fourth-order valence-electron chi connectivity index (χ4n) is 5.36. The predicted molar refractivity (Wildman–Crippen MR) is 121 cm³/mol. The van der Waals surface area contributed by atoms with E-state index in [0.29, 0.717) is 30.3 Å². The highest BCUT2D eigenvalue weighted by atomic mass is 35.5. The lowest BCUT2D eigenvalue weighted by Gasteiger charge is -2.57. The van der Waals surface area contributed by atoms with Gasteiger partial charge in [-0.2, -0.15) is 0 Å². The first-order chi connectivity index (χ1) is 15.9. The second kappa shape index (κ2) is 8.26. The van der Waals surface area contributed by atoms with Crippen molar-refractivity contribution in [1.82, 2.24) is 10.1 Å². The van der Waals surface area contributed by atoms with Gasteiger partial charge in [0.2, 0.25) is 0 Å². The number of nitrogens with zero attached hydrogens (tertiary/aromatic N) is 2. The van der Waals surface area contributed by atoms with Gasteiger partial charge in [0.15, 0.2) is 5.69 Å². The normalized spacial score (nSPS) is 21.7. The van der Waals surface area contributed by atoms with Gasteiger partial charge in [0.1, 0.15) is 17.6 Å². The second-order valence-corrected chi connectivity index (χ2v) is 9.34. The quantitative estimate of drug-likeness (QED) is 0.573. The van der Waals surface area contributed by atoms with E-state index in [0.717, 1.165) is 35.8 Å². The van der Waals surface area contributed by atoms with Gasteiger partial charge in [-0.05, 0) is 36.8 Å². The summed E-state index contributed by atoms with van der Waals surface area (Å²) >= 11 is 6.37. The maximum absolute atomic E-state index is 11.4. The second-order valence-electron chi connectivity index (χ2n) is 8.94. The molecule has 2 aromatic carbocycles. The van der Waals surface area contributed by atoms with Crippen LogP contribution in [0.25, 0.3) is 10.8 Å². The first-order valence-corrected chi connectivity index (χ1v) is 11.3. The molecule has 1 spiro atoms. The first kappa shape index (κ1) is 21.6. The number of likely N-dealkylation sites (tertiary alicyclic amines) is 1.